The van der Waals surface area contributed by atoms with E-state index >= 15 is 44.7 Å². The second-order valence-electron chi connectivity index (χ2n) is 29.2. The van der Waals surface area contributed by atoms with Gasteiger partial charge in [0, 0.05) is 84.5 Å². The lowest BCUT2D eigenvalue weighted by molar-refractivity contribution is -0.221. The van der Waals surface area contributed by atoms with Gasteiger partial charge in [-0.15, -0.1) is 0 Å². The molecule has 2 unspecified atom stereocenters. The number of anilines is 1. The number of phosphoric acid groups is 1. The van der Waals surface area contributed by atoms with Crippen molar-refractivity contribution >= 4 is 55.6 Å². The van der Waals surface area contributed by atoms with Gasteiger partial charge in [0.25, 0.3) is 5.91 Å². The van der Waals surface area contributed by atoms with Crippen molar-refractivity contribution in [3.63, 3.8) is 0 Å². The number of piperazine rings is 1. The van der Waals surface area contributed by atoms with E-state index in [2.05, 4.69) is 62.2 Å². The van der Waals surface area contributed by atoms with Gasteiger partial charge in [0.15, 0.2) is 0 Å². The molecule has 5 heterocycles. The maximum atomic E-state index is 16.9. The van der Waals surface area contributed by atoms with Crippen LogP contribution in [0, 0.1) is 41.2 Å². The lowest BCUT2D eigenvalue weighted by Crippen LogP contribution is -2.64. The SMILES string of the molecule is COC(=O)N[C@H](C(=O)N[C@@H](Cc1ccc(C#Cc2cnc(N3CC4CCC(C3)N4C3COC3)nc2)cc1)[C@H](CN(Cc1c(F)cc(-c2ccn(C(F)F)n2)cc1F)NC(=O)[C@@H](NC(=O)OC)C(C)(C)C(F)(F)F)OC(=O)CC(C)(C)c1c(CC(=O)NCc2cccc(C(=O)O)c2)cc(C)cc1OP(=O)(O)O)C(C)(C)C(F)(F)F. The normalized spacial score (nSPS) is 16.7. The number of nitrogens with one attached hydrogen (secondary N) is 5. The second kappa shape index (κ2) is 35.3. The van der Waals surface area contributed by atoms with Gasteiger partial charge in [-0.3, -0.25) is 39.3 Å². The van der Waals surface area contributed by atoms with Crippen molar-refractivity contribution in [2.75, 3.05) is 52.0 Å². The molecule has 3 fully saturated rings. The summed E-state index contributed by atoms with van der Waals surface area (Å²) < 4.78 is 192. The van der Waals surface area contributed by atoms with Gasteiger partial charge in [0.1, 0.15) is 35.6 Å². The van der Waals surface area contributed by atoms with E-state index in [4.69, 9.17) is 14.0 Å². The van der Waals surface area contributed by atoms with Crippen molar-refractivity contribution in [3.8, 4) is 28.8 Å². The van der Waals surface area contributed by atoms with Crippen LogP contribution in [0.3, 0.4) is 0 Å². The zero-order chi connectivity index (χ0) is 83.0. The topological polar surface area (TPSA) is 357 Å². The quantitative estimate of drug-likeness (QED) is 0.00520. The number of rotatable bonds is 30. The predicted molar refractivity (Wildman–Crippen MR) is 382 cm³/mol. The number of hydrazine groups is 1. The Labute approximate surface area is 641 Å². The highest BCUT2D eigenvalue weighted by Gasteiger charge is 2.58. The molecule has 3 aliphatic rings. The Bertz CT molecular complexity index is 4570. The number of methoxy groups -OCH3 is 2. The average Bonchev–Trinajstić information content (AvgIpc) is 1.61. The Morgan fingerprint density at radius 2 is 1.33 bits per heavy atom. The molecular formula is C74H83F10N12O16P. The third-order valence-electron chi connectivity index (χ3n) is 19.7. The van der Waals surface area contributed by atoms with Crippen LogP contribution in [0.2, 0.25) is 0 Å². The molecule has 3 aliphatic heterocycles. The summed E-state index contributed by atoms with van der Waals surface area (Å²) in [5.74, 6) is -4.40. The number of benzene rings is 4. The first-order chi connectivity index (χ1) is 52.8. The van der Waals surface area contributed by atoms with Gasteiger partial charge in [-0.05, 0) is 125 Å². The predicted octanol–water partition coefficient (Wildman–Crippen LogP) is 9.27. The third-order valence-corrected chi connectivity index (χ3v) is 20.2. The molecule has 4 aromatic carbocycles. The van der Waals surface area contributed by atoms with Crippen LogP contribution in [0.1, 0.15) is 122 Å². The van der Waals surface area contributed by atoms with Gasteiger partial charge >= 0.3 is 50.8 Å². The number of alkyl halides is 8. The first-order valence-corrected chi connectivity index (χ1v) is 36.6. The number of carboxylic acid groups (broad SMARTS) is 1. The maximum Gasteiger partial charge on any atom is 0.524 e. The summed E-state index contributed by atoms with van der Waals surface area (Å²) in [6, 6.07) is 9.26. The number of carboxylic acids is 1. The number of alkyl carbamates (subject to hydrolysis) is 2. The second-order valence-corrected chi connectivity index (χ2v) is 30.4. The molecule has 39 heteroatoms. The monoisotopic (exact) mass is 1620 g/mol. The number of aryl methyl sites for hydroxylation is 1. The fourth-order valence-corrected chi connectivity index (χ4v) is 13.9. The molecule has 610 valence electrons. The lowest BCUT2D eigenvalue weighted by atomic mass is 9.77. The van der Waals surface area contributed by atoms with Crippen LogP contribution < -0.4 is 36.1 Å². The van der Waals surface area contributed by atoms with Gasteiger partial charge in [0.05, 0.1) is 86.6 Å². The van der Waals surface area contributed by atoms with E-state index in [-0.39, 0.29) is 39.0 Å². The first-order valence-electron chi connectivity index (χ1n) is 35.1. The van der Waals surface area contributed by atoms with E-state index in [1.54, 1.807) is 5.32 Å². The van der Waals surface area contributed by atoms with Crippen molar-refractivity contribution in [3.05, 3.63) is 159 Å². The number of carbonyl (C=O) groups is 7. The largest absolute Gasteiger partial charge is 0.524 e. The number of hydrogen-bond donors (Lipinski definition) is 8. The smallest absolute Gasteiger partial charge is 0.478 e. The molecular weight excluding hydrogens is 1530 g/mol. The summed E-state index contributed by atoms with van der Waals surface area (Å²) in [7, 11) is -4.10. The highest BCUT2D eigenvalue weighted by Crippen LogP contribution is 2.47. The van der Waals surface area contributed by atoms with Crippen molar-refractivity contribution in [2.45, 2.75) is 160 Å². The summed E-state index contributed by atoms with van der Waals surface area (Å²) in [5.41, 5.74) is -7.50. The molecule has 9 rings (SSSR count). The van der Waals surface area contributed by atoms with Gasteiger partial charge < -0.3 is 54.7 Å². The number of nitrogens with zero attached hydrogens (tertiary/aromatic N) is 7. The summed E-state index contributed by atoms with van der Waals surface area (Å²) in [4.78, 5) is 131. The van der Waals surface area contributed by atoms with Crippen molar-refractivity contribution in [2.24, 2.45) is 10.8 Å². The highest BCUT2D eigenvalue weighted by atomic mass is 31.2. The Hall–Kier alpha value is -10.5. The van der Waals surface area contributed by atoms with E-state index in [1.807, 2.05) is 5.32 Å². The number of halogens is 10. The zero-order valence-electron chi connectivity index (χ0n) is 62.3. The number of phosphoric ester groups is 1. The zero-order valence-corrected chi connectivity index (χ0v) is 63.2. The third kappa shape index (κ3) is 21.7. The van der Waals surface area contributed by atoms with Gasteiger partial charge in [-0.25, -0.2) is 47.4 Å². The lowest BCUT2D eigenvalue weighted by Gasteiger charge is -2.47. The van der Waals surface area contributed by atoms with Crippen LogP contribution in [0.5, 0.6) is 5.75 Å². The van der Waals surface area contributed by atoms with E-state index < -0.39 is 176 Å². The molecule has 2 aromatic heterocycles. The Balaban J connectivity index is 1.16. The van der Waals surface area contributed by atoms with Crippen LogP contribution in [0.25, 0.3) is 11.3 Å². The summed E-state index contributed by atoms with van der Waals surface area (Å²) >= 11 is 0. The minimum absolute atomic E-state index is 0.0599. The van der Waals surface area contributed by atoms with Crippen molar-refractivity contribution < 1.29 is 120 Å². The summed E-state index contributed by atoms with van der Waals surface area (Å²) in [5, 5.41) is 22.3. The maximum absolute atomic E-state index is 16.9. The molecule has 0 spiro atoms. The van der Waals surface area contributed by atoms with Gasteiger partial charge in [-0.2, -0.15) is 40.2 Å². The van der Waals surface area contributed by atoms with E-state index in [0.717, 1.165) is 45.4 Å². The Kier molecular flexibility index (Phi) is 27.0. The molecule has 0 radical (unpaired) electrons. The van der Waals surface area contributed by atoms with Crippen molar-refractivity contribution in [1.29, 1.82) is 0 Å². The molecule has 6 aromatic rings. The molecule has 8 N–H and O–H groups in total. The highest BCUT2D eigenvalue weighted by molar-refractivity contribution is 7.46. The Morgan fingerprint density at radius 3 is 1.86 bits per heavy atom. The van der Waals surface area contributed by atoms with Gasteiger partial charge in [0.2, 0.25) is 17.8 Å². The van der Waals surface area contributed by atoms with Crippen LogP contribution in [0.15, 0.2) is 97.5 Å². The number of esters is 1. The minimum atomic E-state index is -5.58. The molecule has 0 aliphatic carbocycles. The van der Waals surface area contributed by atoms with E-state index in [9.17, 15) is 52.2 Å². The van der Waals surface area contributed by atoms with Crippen LogP contribution >= 0.6 is 7.82 Å². The molecule has 28 nitrogen and oxygen atoms in total. The number of amides is 5. The van der Waals surface area contributed by atoms with Gasteiger partial charge in [-0.1, -0.05) is 56.0 Å². The molecule has 113 heavy (non-hydrogen) atoms. The molecule has 0 saturated carbocycles. The molecule has 2 bridgehead atoms. The standard InChI is InChI=1S/C74H83F10N12O16P/c1-40-23-47(29-58(97)85-31-43-11-10-12-45(25-43)65(101)102)60(56(24-40)112-113(105,106)107)70(2,3)30-59(98)111-57(37-94(92-64(100)62(90-69(104)109-9)72(6,7)74(82,83)84)36-51-52(75)27-46(28-53(51)76)54-21-22-95(91-54)66(77)78)55(88-63(99)61(89-68(103)108-8)71(4,5)73(79,80)81)26-42-16-13-41(14-17-42)15-18-44-32-86-67(87-33-44)93-34-48-19-20-49(35-93)96(48)50-38-110-39-50/h10-14,16-17,21-25,27-28,32-33,48-50,55,57,61-62,66H,19-20,26,29-31,34-39H2,1-9H3,(H,85,97)(H,88,99)(H,89,103)(H,90,104)(H,92,100)(H,101,102)(H2,105,106,107)/t48?,49?,55-,57-,61+,62+/m0/s1. The molecule has 6 atom stereocenters. The van der Waals surface area contributed by atoms with Crippen molar-refractivity contribution in [1.82, 2.24) is 56.4 Å². The first kappa shape index (κ1) is 86.5. The number of fused-ring (bicyclic) bond motifs is 2. The van der Waals surface area contributed by atoms with Crippen LogP contribution in [-0.4, -0.2) is 188 Å². The van der Waals surface area contributed by atoms with E-state index in [0.29, 0.717) is 112 Å². The fourth-order valence-electron chi connectivity index (χ4n) is 13.5. The number of hydrogen-bond acceptors (Lipinski definition) is 19. The number of aromatic nitrogens is 4. The van der Waals surface area contributed by atoms with E-state index in [1.165, 1.54) is 87.8 Å². The van der Waals surface area contributed by atoms with Crippen LogP contribution in [0.4, 0.5) is 59.4 Å². The fraction of sp³-hybridized carbons (Fsp3) is 0.459. The summed E-state index contributed by atoms with van der Waals surface area (Å²) in [6.45, 7) is 2.57. The Morgan fingerprint density at radius 1 is 0.743 bits per heavy atom. The molecule has 3 saturated heterocycles. The number of aromatic carboxylic acids is 1. The number of ether oxygens (including phenoxy) is 4. The average molecular weight is 1620 g/mol. The van der Waals surface area contributed by atoms with Crippen LogP contribution in [-0.2, 0) is 74.0 Å². The summed E-state index contributed by atoms with van der Waals surface area (Å²) in [6.07, 6.45) is -12.9. The number of carbonyl (C=O) groups excluding carboxylic acids is 6. The minimum Gasteiger partial charge on any atom is -0.478 e. The molecule has 5 amide bonds.